The second-order valence-corrected chi connectivity index (χ2v) is 19.9. The Bertz CT molecular complexity index is 884. The lowest BCUT2D eigenvalue weighted by atomic mass is 9.94. The zero-order chi connectivity index (χ0) is 41.5. The van der Waals surface area contributed by atoms with E-state index in [1.807, 2.05) is 0 Å². The van der Waals surface area contributed by atoms with Crippen LogP contribution in [0.2, 0.25) is 0 Å². The smallest absolute Gasteiger partial charge is 0.0276 e. The average molecular weight is 808 g/mol. The SMILES string of the molecule is CCCCCCCCCCCCCCCCCCCCCCCCCc1cccc(CCC(C)CCCCCCCCCCCCCCCCCCCCCCC)c1. The minimum absolute atomic E-state index is 0.869. The summed E-state index contributed by atoms with van der Waals surface area (Å²) in [6.07, 6.45) is 69.9. The lowest BCUT2D eigenvalue weighted by Crippen LogP contribution is -1.98. The van der Waals surface area contributed by atoms with Crippen molar-refractivity contribution in [2.45, 2.75) is 329 Å². The van der Waals surface area contributed by atoms with Crippen molar-refractivity contribution >= 4 is 0 Å². The molecular formula is C58H110. The molecule has 1 aromatic rings. The van der Waals surface area contributed by atoms with Crippen molar-refractivity contribution in [2.24, 2.45) is 5.92 Å². The Labute approximate surface area is 368 Å². The van der Waals surface area contributed by atoms with Crippen LogP contribution < -0.4 is 0 Å². The van der Waals surface area contributed by atoms with E-state index in [1.165, 1.54) is 308 Å². The van der Waals surface area contributed by atoms with Crippen molar-refractivity contribution in [3.8, 4) is 0 Å². The normalized spacial score (nSPS) is 12.2. The molecule has 0 saturated carbocycles. The minimum atomic E-state index is 0.869. The largest absolute Gasteiger partial charge is 0.0654 e. The predicted octanol–water partition coefficient (Wildman–Crippen LogP) is 21.4. The molecule has 0 aliphatic heterocycles. The molecule has 0 saturated heterocycles. The Morgan fingerprint density at radius 2 is 0.517 bits per heavy atom. The Balaban J connectivity index is 1.81. The second kappa shape index (κ2) is 47.3. The van der Waals surface area contributed by atoms with Gasteiger partial charge in [-0.15, -0.1) is 0 Å². The summed E-state index contributed by atoms with van der Waals surface area (Å²) in [5.74, 6) is 0.869. The quantitative estimate of drug-likeness (QED) is 0.0576. The van der Waals surface area contributed by atoms with E-state index < -0.39 is 0 Å². The first-order valence-corrected chi connectivity index (χ1v) is 27.8. The molecule has 0 spiro atoms. The molecule has 1 rings (SSSR count). The maximum Gasteiger partial charge on any atom is -0.0276 e. The molecule has 0 nitrogen and oxygen atoms in total. The number of hydrogen-bond donors (Lipinski definition) is 0. The van der Waals surface area contributed by atoms with Gasteiger partial charge in [-0.1, -0.05) is 328 Å². The number of benzene rings is 1. The number of aryl methyl sites for hydroxylation is 2. The van der Waals surface area contributed by atoms with Crippen molar-refractivity contribution in [2.75, 3.05) is 0 Å². The van der Waals surface area contributed by atoms with Gasteiger partial charge < -0.3 is 0 Å². The van der Waals surface area contributed by atoms with Crippen LogP contribution in [0, 0.1) is 5.92 Å². The Hall–Kier alpha value is -0.780. The Kier molecular flexibility index (Phi) is 45.0. The molecule has 0 heterocycles. The van der Waals surface area contributed by atoms with Crippen molar-refractivity contribution in [1.82, 2.24) is 0 Å². The molecule has 342 valence electrons. The molecule has 0 N–H and O–H groups in total. The second-order valence-electron chi connectivity index (χ2n) is 19.9. The molecule has 0 aromatic heterocycles. The van der Waals surface area contributed by atoms with E-state index in [0.29, 0.717) is 0 Å². The summed E-state index contributed by atoms with van der Waals surface area (Å²) in [7, 11) is 0. The molecule has 0 amide bonds. The first kappa shape index (κ1) is 55.2. The van der Waals surface area contributed by atoms with Crippen LogP contribution in [0.15, 0.2) is 24.3 Å². The lowest BCUT2D eigenvalue weighted by molar-refractivity contribution is 0.454. The summed E-state index contributed by atoms with van der Waals surface area (Å²) in [5.41, 5.74) is 3.16. The zero-order valence-electron chi connectivity index (χ0n) is 40.8. The zero-order valence-corrected chi connectivity index (χ0v) is 40.8. The fourth-order valence-corrected chi connectivity index (χ4v) is 9.54. The Morgan fingerprint density at radius 1 is 0.276 bits per heavy atom. The fourth-order valence-electron chi connectivity index (χ4n) is 9.54. The van der Waals surface area contributed by atoms with Gasteiger partial charge in [0.05, 0.1) is 0 Å². The molecule has 0 fully saturated rings. The first-order valence-electron chi connectivity index (χ1n) is 27.8. The van der Waals surface area contributed by atoms with Gasteiger partial charge in [-0.25, -0.2) is 0 Å². The van der Waals surface area contributed by atoms with Gasteiger partial charge in [0.15, 0.2) is 0 Å². The third-order valence-electron chi connectivity index (χ3n) is 13.8. The van der Waals surface area contributed by atoms with Gasteiger partial charge in [-0.05, 0) is 42.7 Å². The number of hydrogen-bond acceptors (Lipinski definition) is 0. The van der Waals surface area contributed by atoms with Crippen molar-refractivity contribution in [1.29, 1.82) is 0 Å². The maximum atomic E-state index is 2.53. The number of rotatable bonds is 49. The predicted molar refractivity (Wildman–Crippen MR) is 267 cm³/mol. The van der Waals surface area contributed by atoms with E-state index in [1.54, 1.807) is 11.1 Å². The molecule has 0 radical (unpaired) electrons. The maximum absolute atomic E-state index is 2.53. The Morgan fingerprint density at radius 3 is 0.810 bits per heavy atom. The molecule has 1 aromatic carbocycles. The van der Waals surface area contributed by atoms with E-state index in [4.69, 9.17) is 0 Å². The van der Waals surface area contributed by atoms with Crippen LogP contribution in [0.4, 0.5) is 0 Å². The van der Waals surface area contributed by atoms with Crippen molar-refractivity contribution in [3.63, 3.8) is 0 Å². The molecular weight excluding hydrogens is 697 g/mol. The first-order chi connectivity index (χ1) is 28.8. The van der Waals surface area contributed by atoms with Crippen LogP contribution in [0.5, 0.6) is 0 Å². The minimum Gasteiger partial charge on any atom is -0.0654 e. The molecule has 0 aliphatic rings. The van der Waals surface area contributed by atoms with E-state index in [-0.39, 0.29) is 0 Å². The average Bonchev–Trinajstić information content (AvgIpc) is 3.24. The highest BCUT2D eigenvalue weighted by molar-refractivity contribution is 5.23. The van der Waals surface area contributed by atoms with E-state index >= 15 is 0 Å². The fraction of sp³-hybridized carbons (Fsp3) is 0.897. The topological polar surface area (TPSA) is 0 Å². The molecule has 0 bridgehead atoms. The standard InChI is InChI=1S/C58H110/c1-4-6-8-10-12-14-16-18-20-22-24-26-27-29-31-33-35-37-39-41-43-45-47-50-57-51-48-52-58(55-57)54-53-56(3)49-46-44-42-40-38-36-34-32-30-28-25-23-21-19-17-15-13-11-9-7-5-2/h48,51-52,55-56H,4-47,49-50,53-54H2,1-3H3. The highest BCUT2D eigenvalue weighted by Crippen LogP contribution is 2.21. The van der Waals surface area contributed by atoms with Crippen LogP contribution in [-0.2, 0) is 12.8 Å². The third-order valence-corrected chi connectivity index (χ3v) is 13.8. The summed E-state index contributed by atoms with van der Waals surface area (Å²) in [6, 6.07) is 9.62. The van der Waals surface area contributed by atoms with Crippen LogP contribution in [0.25, 0.3) is 0 Å². The molecule has 58 heavy (non-hydrogen) atoms. The van der Waals surface area contributed by atoms with Crippen LogP contribution in [0.3, 0.4) is 0 Å². The monoisotopic (exact) mass is 807 g/mol. The van der Waals surface area contributed by atoms with Gasteiger partial charge in [0, 0.05) is 0 Å². The summed E-state index contributed by atoms with van der Waals surface area (Å²) < 4.78 is 0. The number of unbranched alkanes of at least 4 members (excludes halogenated alkanes) is 42. The highest BCUT2D eigenvalue weighted by Gasteiger charge is 2.05. The van der Waals surface area contributed by atoms with Crippen molar-refractivity contribution < 1.29 is 0 Å². The van der Waals surface area contributed by atoms with Gasteiger partial charge in [-0.3, -0.25) is 0 Å². The van der Waals surface area contributed by atoms with Crippen LogP contribution >= 0.6 is 0 Å². The van der Waals surface area contributed by atoms with Gasteiger partial charge in [0.2, 0.25) is 0 Å². The van der Waals surface area contributed by atoms with Crippen LogP contribution in [0.1, 0.15) is 327 Å². The van der Waals surface area contributed by atoms with E-state index in [0.717, 1.165) is 5.92 Å². The summed E-state index contributed by atoms with van der Waals surface area (Å²) >= 11 is 0. The van der Waals surface area contributed by atoms with Crippen molar-refractivity contribution in [3.05, 3.63) is 35.4 Å². The summed E-state index contributed by atoms with van der Waals surface area (Å²) in [6.45, 7) is 7.13. The van der Waals surface area contributed by atoms with Gasteiger partial charge >= 0.3 is 0 Å². The molecule has 1 atom stereocenters. The van der Waals surface area contributed by atoms with E-state index in [9.17, 15) is 0 Å². The molecule has 0 aliphatic carbocycles. The summed E-state index contributed by atoms with van der Waals surface area (Å²) in [4.78, 5) is 0. The van der Waals surface area contributed by atoms with Gasteiger partial charge in [0.25, 0.3) is 0 Å². The lowest BCUT2D eigenvalue weighted by Gasteiger charge is -2.12. The van der Waals surface area contributed by atoms with Gasteiger partial charge in [0.1, 0.15) is 0 Å². The van der Waals surface area contributed by atoms with Crippen LogP contribution in [-0.4, -0.2) is 0 Å². The van der Waals surface area contributed by atoms with E-state index in [2.05, 4.69) is 45.0 Å². The van der Waals surface area contributed by atoms with Gasteiger partial charge in [-0.2, -0.15) is 0 Å². The summed E-state index contributed by atoms with van der Waals surface area (Å²) in [5, 5.41) is 0. The molecule has 0 heteroatoms. The highest BCUT2D eigenvalue weighted by atomic mass is 14.1. The molecule has 1 unspecified atom stereocenters. The third kappa shape index (κ3) is 41.9.